The van der Waals surface area contributed by atoms with Crippen molar-refractivity contribution in [3.8, 4) is 0 Å². The lowest BCUT2D eigenvalue weighted by Gasteiger charge is -1.96. The van der Waals surface area contributed by atoms with Crippen LogP contribution in [0.4, 0.5) is 4.79 Å². The van der Waals surface area contributed by atoms with Gasteiger partial charge in [-0.3, -0.25) is 0 Å². The minimum Gasteiger partial charge on any atom is -0.652 e. The van der Waals surface area contributed by atoms with Gasteiger partial charge in [0.2, 0.25) is 0 Å². The van der Waals surface area contributed by atoms with Gasteiger partial charge in [0, 0.05) is 0 Å². The van der Waals surface area contributed by atoms with E-state index in [0.717, 1.165) is 6.42 Å². The van der Waals surface area contributed by atoms with Crippen LogP contribution in [-0.2, 0) is 0 Å². The molecule has 0 N–H and O–H groups in total. The lowest BCUT2D eigenvalue weighted by molar-refractivity contribution is -0.415. The maximum Gasteiger partial charge on any atom is -0.0382 e. The average molecular weight is 116 g/mol. The molecule has 0 aliphatic rings. The number of carbonyl (C=O) groups is 1. The van der Waals surface area contributed by atoms with Crippen molar-refractivity contribution in [3.63, 3.8) is 0 Å². The van der Waals surface area contributed by atoms with Gasteiger partial charge in [-0.15, -0.1) is 6.58 Å². The fourth-order valence-electron chi connectivity index (χ4n) is 0. The standard InChI is InChI=1S/C4H8.CH2O3/c1-3-4-2;2-1(3)4/h3H,1,4H2,2H3;(H2,2,3,4)/p-2. The zero-order valence-electron chi connectivity index (χ0n) is 4.72. The molecule has 8 heavy (non-hydrogen) atoms. The van der Waals surface area contributed by atoms with Gasteiger partial charge in [0.15, 0.2) is 0 Å². The van der Waals surface area contributed by atoms with Crippen LogP contribution in [0.3, 0.4) is 0 Å². The van der Waals surface area contributed by atoms with E-state index in [1.807, 2.05) is 6.08 Å². The zero-order chi connectivity index (χ0) is 6.99. The smallest absolute Gasteiger partial charge is 0.0382 e. The first kappa shape index (κ1) is 10.1. The third-order valence-corrected chi connectivity index (χ3v) is 0.289. The molecule has 0 bridgehead atoms. The van der Waals surface area contributed by atoms with Gasteiger partial charge in [-0.25, -0.2) is 0 Å². The van der Waals surface area contributed by atoms with E-state index in [9.17, 15) is 0 Å². The van der Waals surface area contributed by atoms with Gasteiger partial charge in [0.25, 0.3) is 0 Å². The van der Waals surface area contributed by atoms with Gasteiger partial charge < -0.3 is 15.0 Å². The molecular formula is C5H8O3-2. The molecule has 0 aliphatic heterocycles. The minimum absolute atomic E-state index is 1.08. The van der Waals surface area contributed by atoms with E-state index in [0.29, 0.717) is 0 Å². The van der Waals surface area contributed by atoms with Crippen molar-refractivity contribution in [1.82, 2.24) is 0 Å². The highest BCUT2D eigenvalue weighted by Gasteiger charge is 1.45. The molecule has 0 fully saturated rings. The Morgan fingerprint density at radius 3 is 1.88 bits per heavy atom. The topological polar surface area (TPSA) is 63.2 Å². The molecule has 0 aromatic heterocycles. The number of rotatable bonds is 1. The number of allylic oxidation sites excluding steroid dienone is 1. The van der Waals surface area contributed by atoms with Crippen LogP contribution in [0.15, 0.2) is 12.7 Å². The fraction of sp³-hybridized carbons (Fsp3) is 0.400. The molecule has 0 saturated carbocycles. The van der Waals surface area contributed by atoms with Gasteiger partial charge in [0.05, 0.1) is 0 Å². The normalized spacial score (nSPS) is 6.12. The van der Waals surface area contributed by atoms with Crippen LogP contribution >= 0.6 is 0 Å². The SMILES string of the molecule is C=CCC.O=C([O-])[O-]. The lowest BCUT2D eigenvalue weighted by atomic mass is 10.5. The summed E-state index contributed by atoms with van der Waals surface area (Å²) < 4.78 is 0. The van der Waals surface area contributed by atoms with Crippen LogP contribution in [0.5, 0.6) is 0 Å². The molecule has 0 atom stereocenters. The van der Waals surface area contributed by atoms with Crippen LogP contribution in [-0.4, -0.2) is 6.16 Å². The molecule has 0 saturated heterocycles. The fourth-order valence-corrected chi connectivity index (χ4v) is 0. The summed E-state index contributed by atoms with van der Waals surface area (Å²) in [5, 5.41) is 16.7. The van der Waals surface area contributed by atoms with Crippen molar-refractivity contribution in [2.75, 3.05) is 0 Å². The highest BCUT2D eigenvalue weighted by Crippen LogP contribution is 1.66. The largest absolute Gasteiger partial charge is 0.652 e. The molecule has 0 rings (SSSR count). The second-order valence-corrected chi connectivity index (χ2v) is 0.947. The van der Waals surface area contributed by atoms with Gasteiger partial charge in [-0.1, -0.05) is 13.0 Å². The van der Waals surface area contributed by atoms with Crippen molar-refractivity contribution in [1.29, 1.82) is 0 Å². The van der Waals surface area contributed by atoms with Crippen molar-refractivity contribution < 1.29 is 15.0 Å². The predicted octanol–water partition coefficient (Wildman–Crippen LogP) is -0.865. The molecule has 3 nitrogen and oxygen atoms in total. The zero-order valence-corrected chi connectivity index (χ0v) is 4.72. The average Bonchev–Trinajstić information content (AvgIpc) is 1.65. The highest BCUT2D eigenvalue weighted by molar-refractivity contribution is 5.47. The Morgan fingerprint density at radius 1 is 1.75 bits per heavy atom. The Kier molecular flexibility index (Phi) is 11.8. The second kappa shape index (κ2) is 9.38. The molecule has 0 unspecified atom stereocenters. The van der Waals surface area contributed by atoms with Gasteiger partial charge in [0.1, 0.15) is 0 Å². The molecule has 0 aromatic carbocycles. The van der Waals surface area contributed by atoms with Crippen molar-refractivity contribution in [3.05, 3.63) is 12.7 Å². The van der Waals surface area contributed by atoms with Crippen molar-refractivity contribution in [2.45, 2.75) is 13.3 Å². The first-order valence-corrected chi connectivity index (χ1v) is 2.14. The summed E-state index contributed by atoms with van der Waals surface area (Å²) in [6.07, 6.45) is 0.625. The van der Waals surface area contributed by atoms with E-state index < -0.39 is 6.16 Å². The molecule has 0 aliphatic carbocycles. The Morgan fingerprint density at radius 2 is 1.88 bits per heavy atom. The Balaban J connectivity index is 0. The van der Waals surface area contributed by atoms with Crippen LogP contribution in [0.1, 0.15) is 13.3 Å². The summed E-state index contributed by atoms with van der Waals surface area (Å²) in [7, 11) is 0. The maximum atomic E-state index is 8.33. The van der Waals surface area contributed by atoms with Gasteiger partial charge in [-0.2, -0.15) is 0 Å². The number of carboxylic acid groups (broad SMARTS) is 2. The van der Waals surface area contributed by atoms with Gasteiger partial charge >= 0.3 is 0 Å². The van der Waals surface area contributed by atoms with Crippen molar-refractivity contribution >= 4 is 6.16 Å². The van der Waals surface area contributed by atoms with E-state index in [2.05, 4.69) is 13.5 Å². The Hall–Kier alpha value is -0.990. The van der Waals surface area contributed by atoms with E-state index in [4.69, 9.17) is 15.0 Å². The maximum absolute atomic E-state index is 8.33. The first-order valence-electron chi connectivity index (χ1n) is 2.14. The minimum atomic E-state index is -2.33. The third kappa shape index (κ3) is 806000. The molecule has 0 amide bonds. The van der Waals surface area contributed by atoms with Crippen LogP contribution < -0.4 is 10.2 Å². The molecule has 0 aromatic rings. The summed E-state index contributed by atoms with van der Waals surface area (Å²) in [6, 6.07) is 0. The summed E-state index contributed by atoms with van der Waals surface area (Å²) in [4.78, 5) is 8.33. The first-order chi connectivity index (χ1) is 3.65. The molecular weight excluding hydrogens is 108 g/mol. The molecule has 0 spiro atoms. The Bertz CT molecular complexity index is 64.1. The summed E-state index contributed by atoms with van der Waals surface area (Å²) >= 11 is 0. The molecule has 0 radical (unpaired) electrons. The number of hydrogen-bond acceptors (Lipinski definition) is 3. The summed E-state index contributed by atoms with van der Waals surface area (Å²) in [6.45, 7) is 5.54. The van der Waals surface area contributed by atoms with E-state index >= 15 is 0 Å². The predicted molar refractivity (Wildman–Crippen MR) is 25.9 cm³/mol. The van der Waals surface area contributed by atoms with Crippen LogP contribution in [0.25, 0.3) is 0 Å². The molecule has 3 heteroatoms. The number of carbonyl (C=O) groups excluding carboxylic acids is 1. The number of hydrogen-bond donors (Lipinski definition) is 0. The summed E-state index contributed by atoms with van der Waals surface area (Å²) in [5.41, 5.74) is 0. The monoisotopic (exact) mass is 116 g/mol. The van der Waals surface area contributed by atoms with E-state index in [1.54, 1.807) is 0 Å². The highest BCUT2D eigenvalue weighted by atomic mass is 16.6. The second-order valence-electron chi connectivity index (χ2n) is 0.947. The van der Waals surface area contributed by atoms with Crippen LogP contribution in [0, 0.1) is 0 Å². The molecule has 0 heterocycles. The van der Waals surface area contributed by atoms with E-state index in [-0.39, 0.29) is 0 Å². The lowest BCUT2D eigenvalue weighted by Crippen LogP contribution is -2.37. The third-order valence-electron chi connectivity index (χ3n) is 0.289. The van der Waals surface area contributed by atoms with Crippen LogP contribution in [0.2, 0.25) is 0 Å². The summed E-state index contributed by atoms with van der Waals surface area (Å²) in [5.74, 6) is 0. The van der Waals surface area contributed by atoms with Gasteiger partial charge in [-0.05, 0) is 12.6 Å². The van der Waals surface area contributed by atoms with E-state index in [1.165, 1.54) is 0 Å². The quantitative estimate of drug-likeness (QED) is 0.418. The molecule has 48 valence electrons. The Labute approximate surface area is 48.3 Å². The van der Waals surface area contributed by atoms with Crippen molar-refractivity contribution in [2.24, 2.45) is 0 Å².